The lowest BCUT2D eigenvalue weighted by Crippen LogP contribution is -2.52. The lowest BCUT2D eigenvalue weighted by Gasteiger charge is -2.36. The third-order valence-corrected chi connectivity index (χ3v) is 7.28. The molecule has 1 aromatic rings. The van der Waals surface area contributed by atoms with Crippen molar-refractivity contribution in [3.63, 3.8) is 0 Å². The number of rotatable bonds is 6. The first-order valence-electron chi connectivity index (χ1n) is 11.5. The fourth-order valence-electron chi connectivity index (χ4n) is 4.89. The summed E-state index contributed by atoms with van der Waals surface area (Å²) < 4.78 is 74.3. The van der Waals surface area contributed by atoms with Crippen LogP contribution < -0.4 is 15.8 Å². The van der Waals surface area contributed by atoms with E-state index in [2.05, 4.69) is 10.3 Å². The van der Waals surface area contributed by atoms with E-state index in [0.717, 1.165) is 4.90 Å². The van der Waals surface area contributed by atoms with Gasteiger partial charge >= 0.3 is 6.18 Å². The van der Waals surface area contributed by atoms with E-state index in [1.54, 1.807) is 6.07 Å². The maximum Gasteiger partial charge on any atom is 0.425 e. The molecule has 12 heteroatoms. The third-order valence-electron chi connectivity index (χ3n) is 7.28. The molecule has 0 radical (unpaired) electrons. The van der Waals surface area contributed by atoms with E-state index in [1.165, 1.54) is 18.2 Å². The first kappa shape index (κ1) is 25.2. The van der Waals surface area contributed by atoms with Crippen molar-refractivity contribution in [3.05, 3.63) is 29.8 Å². The quantitative estimate of drug-likeness (QED) is 0.582. The van der Waals surface area contributed by atoms with Crippen molar-refractivity contribution in [3.8, 4) is 5.75 Å². The van der Waals surface area contributed by atoms with E-state index in [1.807, 2.05) is 13.8 Å². The van der Waals surface area contributed by atoms with Gasteiger partial charge in [0.15, 0.2) is 12.1 Å². The zero-order chi connectivity index (χ0) is 25.8. The number of para-hydroxylation sites is 1. The Labute approximate surface area is 198 Å². The van der Waals surface area contributed by atoms with Gasteiger partial charge in [0, 0.05) is 18.5 Å². The number of hydrogen-bond acceptors (Lipinski definition) is 5. The number of halogens is 5. The predicted octanol–water partition coefficient (Wildman–Crippen LogP) is 3.54. The molecule has 7 nitrogen and oxygen atoms in total. The molecule has 0 aromatic heterocycles. The summed E-state index contributed by atoms with van der Waals surface area (Å²) in [5.41, 5.74) is 5.53. The van der Waals surface area contributed by atoms with Gasteiger partial charge in [0.05, 0.1) is 23.9 Å². The summed E-state index contributed by atoms with van der Waals surface area (Å²) in [4.78, 5) is 30.8. The molecule has 2 heterocycles. The van der Waals surface area contributed by atoms with Gasteiger partial charge in [0.25, 0.3) is 5.92 Å². The second-order valence-corrected chi connectivity index (χ2v) is 9.32. The highest BCUT2D eigenvalue weighted by atomic mass is 19.4. The average molecular weight is 502 g/mol. The van der Waals surface area contributed by atoms with Crippen LogP contribution in [0.4, 0.5) is 22.0 Å². The van der Waals surface area contributed by atoms with Crippen molar-refractivity contribution in [1.29, 1.82) is 0 Å². The largest absolute Gasteiger partial charge is 0.480 e. The minimum Gasteiger partial charge on any atom is -0.480 e. The summed E-state index contributed by atoms with van der Waals surface area (Å²) in [6.07, 6.45) is -6.39. The summed E-state index contributed by atoms with van der Waals surface area (Å²) in [5, 5.41) is 2.35. The summed E-state index contributed by atoms with van der Waals surface area (Å²) >= 11 is 0. The molecule has 3 aliphatic rings. The maximum atomic E-state index is 14.6. The molecule has 1 fully saturated rings. The first-order valence-corrected chi connectivity index (χ1v) is 11.5. The van der Waals surface area contributed by atoms with Crippen molar-refractivity contribution in [2.75, 3.05) is 6.54 Å². The second kappa shape index (κ2) is 8.63. The molecule has 1 aromatic carbocycles. The topological polar surface area (TPSA) is 97.0 Å². The van der Waals surface area contributed by atoms with E-state index in [4.69, 9.17) is 10.5 Å². The van der Waals surface area contributed by atoms with Crippen molar-refractivity contribution in [1.82, 2.24) is 10.2 Å². The van der Waals surface area contributed by atoms with E-state index < -0.39 is 66.4 Å². The number of ether oxygens (including phenoxy) is 1. The van der Waals surface area contributed by atoms with Crippen molar-refractivity contribution in [2.24, 2.45) is 22.6 Å². The number of fused-ring (bicyclic) bond motifs is 1. The van der Waals surface area contributed by atoms with Crippen LogP contribution >= 0.6 is 0 Å². The Hall–Kier alpha value is -2.92. The lowest BCUT2D eigenvalue weighted by molar-refractivity contribution is -0.201. The van der Waals surface area contributed by atoms with Crippen LogP contribution in [-0.2, 0) is 9.59 Å². The number of alkyl halides is 5. The highest BCUT2D eigenvalue weighted by Crippen LogP contribution is 2.56. The van der Waals surface area contributed by atoms with Gasteiger partial charge in [-0.3, -0.25) is 14.5 Å². The molecule has 2 amide bonds. The Balaban J connectivity index is 1.49. The van der Waals surface area contributed by atoms with E-state index in [9.17, 15) is 31.5 Å². The molecular formula is C23H27F5N4O3. The van der Waals surface area contributed by atoms with Crippen LogP contribution in [-0.4, -0.2) is 53.0 Å². The fraction of sp³-hybridized carbons (Fsp3) is 0.609. The lowest BCUT2D eigenvalue weighted by atomic mass is 9.88. The highest BCUT2D eigenvalue weighted by molar-refractivity contribution is 5.99. The van der Waals surface area contributed by atoms with Gasteiger partial charge < -0.3 is 15.8 Å². The van der Waals surface area contributed by atoms with Crippen LogP contribution in [0, 0.1) is 11.8 Å². The molecule has 192 valence electrons. The number of nitrogens with two attached hydrogens (primary N) is 1. The summed E-state index contributed by atoms with van der Waals surface area (Å²) in [6.45, 7) is 3.21. The van der Waals surface area contributed by atoms with Gasteiger partial charge in [0.1, 0.15) is 11.7 Å². The predicted molar refractivity (Wildman–Crippen MR) is 116 cm³/mol. The zero-order valence-electron chi connectivity index (χ0n) is 19.2. The molecular weight excluding hydrogens is 475 g/mol. The van der Waals surface area contributed by atoms with Crippen LogP contribution in [0.2, 0.25) is 0 Å². The van der Waals surface area contributed by atoms with Crippen LogP contribution in [0.15, 0.2) is 29.3 Å². The normalized spacial score (nSPS) is 29.1. The SMILES string of the molecule is CCC1(CC)CC(=O)N(CC2C(C(=O)N[C@H]3C[C@@H](C(F)(F)F)Oc4ccccc43)C2(F)F)C(N)=N1. The Morgan fingerprint density at radius 3 is 2.51 bits per heavy atom. The number of carbonyl (C=O) groups is 2. The van der Waals surface area contributed by atoms with Crippen molar-refractivity contribution < 1.29 is 36.3 Å². The Bertz CT molecular complexity index is 1040. The standard InChI is InChI=1S/C23H27F5N4O3/c1-3-21(4-2)10-17(33)32(20(29)31-21)11-13-18(22(13,24)25)19(34)30-14-9-16(23(26,27)28)35-15-8-6-5-7-12(14)15/h5-8,13-14,16,18H,3-4,9-11H2,1-2H3,(H2,29,31)(H,30,34)/t13?,14-,16-,18?/m0/s1. The number of guanidine groups is 1. The van der Waals surface area contributed by atoms with E-state index in [-0.39, 0.29) is 23.7 Å². The van der Waals surface area contributed by atoms with Gasteiger partial charge in [-0.25, -0.2) is 13.8 Å². The minimum atomic E-state index is -4.69. The average Bonchev–Trinajstić information content (AvgIpc) is 3.35. The van der Waals surface area contributed by atoms with Crippen LogP contribution in [0.5, 0.6) is 5.75 Å². The molecule has 35 heavy (non-hydrogen) atoms. The summed E-state index contributed by atoms with van der Waals surface area (Å²) in [7, 11) is 0. The Morgan fingerprint density at radius 1 is 1.26 bits per heavy atom. The molecule has 2 aliphatic heterocycles. The molecule has 1 aliphatic carbocycles. The monoisotopic (exact) mass is 502 g/mol. The van der Waals surface area contributed by atoms with Gasteiger partial charge in [0.2, 0.25) is 11.8 Å². The third kappa shape index (κ3) is 4.54. The molecule has 0 spiro atoms. The number of nitrogens with one attached hydrogen (secondary N) is 1. The van der Waals surface area contributed by atoms with E-state index in [0.29, 0.717) is 12.8 Å². The molecule has 0 saturated heterocycles. The highest BCUT2D eigenvalue weighted by Gasteiger charge is 2.72. The molecule has 2 unspecified atom stereocenters. The van der Waals surface area contributed by atoms with Gasteiger partial charge in [-0.05, 0) is 18.9 Å². The molecule has 4 rings (SSSR count). The van der Waals surface area contributed by atoms with Crippen LogP contribution in [0.25, 0.3) is 0 Å². The van der Waals surface area contributed by atoms with Gasteiger partial charge in [-0.2, -0.15) is 13.2 Å². The first-order chi connectivity index (χ1) is 16.3. The van der Waals surface area contributed by atoms with Crippen molar-refractivity contribution in [2.45, 2.75) is 69.3 Å². The van der Waals surface area contributed by atoms with E-state index >= 15 is 0 Å². The zero-order valence-corrected chi connectivity index (χ0v) is 19.2. The molecule has 0 bridgehead atoms. The number of nitrogens with zero attached hydrogens (tertiary/aromatic N) is 2. The number of amides is 2. The number of carbonyl (C=O) groups excluding carboxylic acids is 2. The molecule has 4 atom stereocenters. The minimum absolute atomic E-state index is 0.0214. The van der Waals surface area contributed by atoms with Gasteiger partial charge in [-0.15, -0.1) is 0 Å². The fourth-order valence-corrected chi connectivity index (χ4v) is 4.89. The Morgan fingerprint density at radius 2 is 1.91 bits per heavy atom. The van der Waals surface area contributed by atoms with Gasteiger partial charge in [-0.1, -0.05) is 32.0 Å². The number of benzene rings is 1. The smallest absolute Gasteiger partial charge is 0.425 e. The second-order valence-electron chi connectivity index (χ2n) is 9.32. The number of hydrogen-bond donors (Lipinski definition) is 2. The Kier molecular flexibility index (Phi) is 6.21. The van der Waals surface area contributed by atoms with Crippen molar-refractivity contribution >= 4 is 17.8 Å². The molecule has 3 N–H and O–H groups in total. The number of aliphatic imine (C=N–C) groups is 1. The maximum absolute atomic E-state index is 14.6. The van der Waals surface area contributed by atoms with Crippen LogP contribution in [0.3, 0.4) is 0 Å². The summed E-state index contributed by atoms with van der Waals surface area (Å²) in [5.74, 6) is -8.53. The summed E-state index contributed by atoms with van der Waals surface area (Å²) in [6, 6.07) is 4.69. The van der Waals surface area contributed by atoms with Crippen LogP contribution in [0.1, 0.15) is 51.1 Å². The molecule has 1 saturated carbocycles.